The molecule has 0 fully saturated rings. The number of fused-ring (bicyclic) bond motifs is 15. The topological polar surface area (TPSA) is 30.5 Å². The van der Waals surface area contributed by atoms with Gasteiger partial charge in [-0.2, -0.15) is 0 Å². The lowest BCUT2D eigenvalue weighted by Gasteiger charge is -2.45. The van der Waals surface area contributed by atoms with Gasteiger partial charge in [-0.3, -0.25) is 0 Å². The monoisotopic (exact) mass is 854 g/mol. The van der Waals surface area contributed by atoms with Crippen molar-refractivity contribution in [1.82, 2.24) is 4.57 Å². The molecule has 0 radical (unpaired) electrons. The summed E-state index contributed by atoms with van der Waals surface area (Å²) in [6.07, 6.45) is 0. The van der Waals surface area contributed by atoms with Gasteiger partial charge in [-0.15, -0.1) is 0 Å². The number of ether oxygens (including phenoxy) is 1. The number of hydrogen-bond donors (Lipinski definition) is 0. The lowest BCUT2D eigenvalue weighted by Crippen LogP contribution is -2.36. The van der Waals surface area contributed by atoms with Gasteiger partial charge in [-0.1, -0.05) is 164 Å². The predicted octanol–water partition coefficient (Wildman–Crippen LogP) is 16.9. The molecular weight excluding hydrogens is 817 g/mol. The van der Waals surface area contributed by atoms with Crippen molar-refractivity contribution in [3.05, 3.63) is 253 Å². The maximum Gasteiger partial charge on any atom is 0.137 e. The van der Waals surface area contributed by atoms with Gasteiger partial charge in [0, 0.05) is 44.0 Å². The number of anilines is 3. The van der Waals surface area contributed by atoms with Crippen LogP contribution in [0.3, 0.4) is 0 Å². The maximum atomic E-state index is 6.82. The fourth-order valence-electron chi connectivity index (χ4n) is 11.9. The quantitative estimate of drug-likeness (QED) is 0.177. The van der Waals surface area contributed by atoms with Crippen molar-refractivity contribution in [2.45, 2.75) is 5.41 Å². The molecule has 4 nitrogen and oxygen atoms in total. The second kappa shape index (κ2) is 13.6. The van der Waals surface area contributed by atoms with Crippen LogP contribution in [0.1, 0.15) is 22.3 Å². The minimum atomic E-state index is -0.699. The second-order valence-corrected chi connectivity index (χ2v) is 17.9. The highest BCUT2D eigenvalue weighted by Gasteiger charge is 2.49. The number of nitrogens with zero attached hydrogens (tertiary/aromatic N) is 2. The summed E-state index contributed by atoms with van der Waals surface area (Å²) in [6.45, 7) is 0. The van der Waals surface area contributed by atoms with Crippen molar-refractivity contribution in [3.8, 4) is 28.3 Å². The largest absolute Gasteiger partial charge is 0.457 e. The highest BCUT2D eigenvalue weighted by molar-refractivity contribution is 6.15. The lowest BCUT2D eigenvalue weighted by atomic mass is 9.58. The summed E-state index contributed by atoms with van der Waals surface area (Å²) in [5.74, 6) is 1.74. The van der Waals surface area contributed by atoms with Crippen molar-refractivity contribution >= 4 is 82.4 Å². The van der Waals surface area contributed by atoms with Gasteiger partial charge in [0.15, 0.2) is 0 Å². The van der Waals surface area contributed by atoms with Gasteiger partial charge in [-0.25, -0.2) is 0 Å². The van der Waals surface area contributed by atoms with Gasteiger partial charge < -0.3 is 18.6 Å². The summed E-state index contributed by atoms with van der Waals surface area (Å²) in [5, 5.41) is 9.46. The third-order valence-electron chi connectivity index (χ3n) is 14.6. The van der Waals surface area contributed by atoms with E-state index in [4.69, 9.17) is 9.15 Å². The van der Waals surface area contributed by atoms with Crippen LogP contribution in [0.15, 0.2) is 235 Å². The normalized spacial score (nSPS) is 13.3. The lowest BCUT2D eigenvalue weighted by molar-refractivity contribution is 0.435. The third-order valence-corrected chi connectivity index (χ3v) is 14.6. The van der Waals surface area contributed by atoms with E-state index in [9.17, 15) is 0 Å². The van der Waals surface area contributed by atoms with E-state index >= 15 is 0 Å². The Morgan fingerprint density at radius 1 is 0.373 bits per heavy atom. The molecule has 312 valence electrons. The number of para-hydroxylation sites is 4. The summed E-state index contributed by atoms with van der Waals surface area (Å²) in [7, 11) is 0. The highest BCUT2D eigenvalue weighted by atomic mass is 16.5. The molecule has 2 aliphatic rings. The highest BCUT2D eigenvalue weighted by Crippen LogP contribution is 2.62. The van der Waals surface area contributed by atoms with E-state index in [0.29, 0.717) is 0 Å². The van der Waals surface area contributed by atoms with E-state index in [-0.39, 0.29) is 0 Å². The molecule has 13 aromatic rings. The first-order chi connectivity index (χ1) is 33.2. The van der Waals surface area contributed by atoms with E-state index in [1.807, 2.05) is 6.07 Å². The Labute approximate surface area is 385 Å². The van der Waals surface area contributed by atoms with Gasteiger partial charge in [0.1, 0.15) is 22.7 Å². The summed E-state index contributed by atoms with van der Waals surface area (Å²) >= 11 is 0. The summed E-state index contributed by atoms with van der Waals surface area (Å²) in [4.78, 5) is 2.46. The number of aromatic nitrogens is 1. The molecular formula is C63H38N2O2. The molecule has 1 aliphatic carbocycles. The zero-order chi connectivity index (χ0) is 43.8. The Morgan fingerprint density at radius 3 is 1.85 bits per heavy atom. The van der Waals surface area contributed by atoms with Crippen LogP contribution in [0.4, 0.5) is 17.1 Å². The van der Waals surface area contributed by atoms with Crippen LogP contribution in [0.5, 0.6) is 11.5 Å². The summed E-state index contributed by atoms with van der Waals surface area (Å²) < 4.78 is 15.9. The van der Waals surface area contributed by atoms with Crippen LogP contribution in [0.2, 0.25) is 0 Å². The van der Waals surface area contributed by atoms with Crippen LogP contribution < -0.4 is 9.64 Å². The number of furan rings is 1. The fraction of sp³-hybridized carbons (Fsp3) is 0.0159. The summed E-state index contributed by atoms with van der Waals surface area (Å²) in [6, 6.07) is 84.0. The Balaban J connectivity index is 1.07. The molecule has 1 spiro atoms. The van der Waals surface area contributed by atoms with Gasteiger partial charge in [-0.05, 0) is 105 Å². The minimum Gasteiger partial charge on any atom is -0.457 e. The molecule has 0 unspecified atom stereocenters. The van der Waals surface area contributed by atoms with Crippen molar-refractivity contribution < 1.29 is 9.15 Å². The van der Waals surface area contributed by atoms with Crippen molar-refractivity contribution in [2.24, 2.45) is 0 Å². The number of benzene rings is 11. The van der Waals surface area contributed by atoms with Gasteiger partial charge in [0.2, 0.25) is 0 Å². The van der Waals surface area contributed by atoms with Gasteiger partial charge in [0.05, 0.1) is 33.2 Å². The molecule has 1 aliphatic heterocycles. The van der Waals surface area contributed by atoms with Crippen LogP contribution in [-0.4, -0.2) is 4.57 Å². The van der Waals surface area contributed by atoms with E-state index in [0.717, 1.165) is 72.8 Å². The zero-order valence-electron chi connectivity index (χ0n) is 36.2. The second-order valence-electron chi connectivity index (χ2n) is 17.9. The SMILES string of the molecule is c1ccc2c(c1)Oc1ccccc1C21c2cc(N(c3ccc4c5ccccc5n(-c5cccc6ccccc56)c4c3)c3cccc4oc5ccccc5c34)ccc2-c2cccc3cccc1c23. The molecule has 0 saturated heterocycles. The van der Waals surface area contributed by atoms with Gasteiger partial charge >= 0.3 is 0 Å². The predicted molar refractivity (Wildman–Crippen MR) is 275 cm³/mol. The van der Waals surface area contributed by atoms with Crippen LogP contribution in [0.25, 0.3) is 82.1 Å². The van der Waals surface area contributed by atoms with E-state index in [1.165, 1.54) is 60.1 Å². The number of rotatable bonds is 4. The molecule has 4 heteroatoms. The minimum absolute atomic E-state index is 0.699. The van der Waals surface area contributed by atoms with Crippen molar-refractivity contribution in [3.63, 3.8) is 0 Å². The molecule has 0 bridgehead atoms. The Hall–Kier alpha value is -8.86. The molecule has 0 N–H and O–H groups in total. The van der Waals surface area contributed by atoms with E-state index in [2.05, 4.69) is 234 Å². The summed E-state index contributed by atoms with van der Waals surface area (Å²) in [5.41, 5.74) is 14.7. The van der Waals surface area contributed by atoms with E-state index in [1.54, 1.807) is 0 Å². The molecule has 0 amide bonds. The molecule has 3 heterocycles. The Bertz CT molecular complexity index is 4170. The van der Waals surface area contributed by atoms with Crippen LogP contribution >= 0.6 is 0 Å². The molecule has 67 heavy (non-hydrogen) atoms. The standard InChI is InChI=1S/C63H38N2O2/c1-2-19-43-39(15-1)16-13-27-53(43)65-54-26-7-3-20-45(54)46-36-34-42(38-56(46)65)64(55-28-14-32-60-62(55)48-21-4-8-29-57(48)66-60)41-33-35-44-47-22-11-17-40-18-12-25-51(61(40)47)63(52(44)37-41)49-23-5-9-30-58(49)67-59-31-10-6-24-50(59)63/h1-38H. The maximum absolute atomic E-state index is 6.82. The third kappa shape index (κ3) is 4.91. The molecule has 0 atom stereocenters. The first-order valence-electron chi connectivity index (χ1n) is 23.0. The van der Waals surface area contributed by atoms with Crippen LogP contribution in [-0.2, 0) is 5.41 Å². The molecule has 2 aromatic heterocycles. The molecule has 15 rings (SSSR count). The first kappa shape index (κ1) is 36.5. The van der Waals surface area contributed by atoms with E-state index < -0.39 is 5.41 Å². The Kier molecular flexibility index (Phi) is 7.40. The molecule has 0 saturated carbocycles. The fourth-order valence-corrected chi connectivity index (χ4v) is 11.9. The van der Waals surface area contributed by atoms with Gasteiger partial charge in [0.25, 0.3) is 0 Å². The average molecular weight is 855 g/mol. The zero-order valence-corrected chi connectivity index (χ0v) is 36.2. The van der Waals surface area contributed by atoms with Crippen molar-refractivity contribution in [2.75, 3.05) is 4.90 Å². The Morgan fingerprint density at radius 2 is 0.985 bits per heavy atom. The number of hydrogen-bond acceptors (Lipinski definition) is 3. The first-order valence-corrected chi connectivity index (χ1v) is 23.0. The van der Waals surface area contributed by atoms with Crippen molar-refractivity contribution in [1.29, 1.82) is 0 Å². The molecule has 11 aromatic carbocycles. The average Bonchev–Trinajstić information content (AvgIpc) is 3.93. The smallest absolute Gasteiger partial charge is 0.137 e. The van der Waals surface area contributed by atoms with Crippen LogP contribution in [0, 0.1) is 0 Å².